The molecule has 0 saturated carbocycles. The summed E-state index contributed by atoms with van der Waals surface area (Å²) in [6, 6.07) is 1.25. The smallest absolute Gasteiger partial charge is 0.326 e. The minimum absolute atomic E-state index is 0.124. The summed E-state index contributed by atoms with van der Waals surface area (Å²) in [6.45, 7) is 4.01. The van der Waals surface area contributed by atoms with Gasteiger partial charge in [-0.2, -0.15) is 10.4 Å². The number of aliphatic hydroxyl groups is 1. The number of hydrogen-bond acceptors (Lipinski definition) is 6. The van der Waals surface area contributed by atoms with Gasteiger partial charge in [0.05, 0.1) is 11.8 Å². The van der Waals surface area contributed by atoms with Crippen LogP contribution in [0.15, 0.2) is 0 Å². The Morgan fingerprint density at radius 3 is 2.67 bits per heavy atom. The maximum absolute atomic E-state index is 11.3. The molecule has 0 aromatic carbocycles. The van der Waals surface area contributed by atoms with E-state index in [0.29, 0.717) is 18.4 Å². The minimum Gasteiger partial charge on any atom is -0.480 e. The van der Waals surface area contributed by atoms with E-state index in [1.54, 1.807) is 0 Å². The number of aliphatic hydroxyl groups excluding tert-OH is 1. The first-order chi connectivity index (χ1) is 10.0. The zero-order valence-corrected chi connectivity index (χ0v) is 12.1. The maximum atomic E-state index is 11.3. The Balaban J connectivity index is 2.54. The number of rotatable bonds is 4. The van der Waals surface area contributed by atoms with E-state index in [-0.39, 0.29) is 18.8 Å². The zero-order chi connectivity index (χ0) is 15.6. The number of β-amino-alcohol motifs (C(OH)–C–C–N with tert-alkyl or cyclic N) is 1. The molecule has 1 aromatic rings. The molecule has 1 aliphatic heterocycles. The SMILES string of the molecule is CCc1nnc(N2CC(O)CC2C(=O)O)c(C#N)c1CC. The molecule has 7 heteroatoms. The van der Waals surface area contributed by atoms with Gasteiger partial charge in [-0.1, -0.05) is 13.8 Å². The molecule has 2 atom stereocenters. The van der Waals surface area contributed by atoms with Gasteiger partial charge in [0.15, 0.2) is 5.82 Å². The number of aryl methyl sites for hydroxylation is 1. The van der Waals surface area contributed by atoms with Crippen molar-refractivity contribution < 1.29 is 15.0 Å². The van der Waals surface area contributed by atoms with E-state index >= 15 is 0 Å². The van der Waals surface area contributed by atoms with Crippen molar-refractivity contribution in [2.75, 3.05) is 11.4 Å². The minimum atomic E-state index is -1.03. The van der Waals surface area contributed by atoms with Crippen LogP contribution in [0.5, 0.6) is 0 Å². The van der Waals surface area contributed by atoms with Crippen LogP contribution in [-0.4, -0.2) is 45.1 Å². The molecule has 2 rings (SSSR count). The van der Waals surface area contributed by atoms with Crippen molar-refractivity contribution in [2.45, 2.75) is 45.3 Å². The molecule has 1 aromatic heterocycles. The number of aliphatic carboxylic acids is 1. The van der Waals surface area contributed by atoms with Gasteiger partial charge in [-0.15, -0.1) is 5.10 Å². The normalized spacial score (nSPS) is 21.3. The monoisotopic (exact) mass is 290 g/mol. The average molecular weight is 290 g/mol. The summed E-state index contributed by atoms with van der Waals surface area (Å²) in [4.78, 5) is 12.8. The summed E-state index contributed by atoms with van der Waals surface area (Å²) in [5.74, 6) is -0.773. The molecule has 21 heavy (non-hydrogen) atoms. The first-order valence-corrected chi connectivity index (χ1v) is 6.99. The van der Waals surface area contributed by atoms with Crippen LogP contribution < -0.4 is 4.90 Å². The molecule has 0 aliphatic carbocycles. The first kappa shape index (κ1) is 15.2. The van der Waals surface area contributed by atoms with Crippen molar-refractivity contribution in [1.82, 2.24) is 10.2 Å². The Morgan fingerprint density at radius 2 is 2.14 bits per heavy atom. The van der Waals surface area contributed by atoms with Crippen LogP contribution in [0, 0.1) is 11.3 Å². The van der Waals surface area contributed by atoms with Crippen molar-refractivity contribution >= 4 is 11.8 Å². The molecule has 112 valence electrons. The molecule has 2 unspecified atom stereocenters. The molecule has 1 aliphatic rings. The van der Waals surface area contributed by atoms with E-state index in [4.69, 9.17) is 0 Å². The molecule has 1 fully saturated rings. The third kappa shape index (κ3) is 2.67. The second-order valence-electron chi connectivity index (χ2n) is 5.04. The third-order valence-corrected chi connectivity index (χ3v) is 3.78. The zero-order valence-electron chi connectivity index (χ0n) is 12.1. The van der Waals surface area contributed by atoms with Crippen molar-refractivity contribution in [3.05, 3.63) is 16.8 Å². The van der Waals surface area contributed by atoms with Crippen molar-refractivity contribution in [2.24, 2.45) is 0 Å². The van der Waals surface area contributed by atoms with E-state index < -0.39 is 18.1 Å². The number of anilines is 1. The number of aromatic nitrogens is 2. The molecule has 0 amide bonds. The number of nitrogens with zero attached hydrogens (tertiary/aromatic N) is 4. The number of carboxylic acid groups (broad SMARTS) is 1. The van der Waals surface area contributed by atoms with Gasteiger partial charge in [0, 0.05) is 13.0 Å². The highest BCUT2D eigenvalue weighted by atomic mass is 16.4. The molecule has 0 bridgehead atoms. The second kappa shape index (κ2) is 6.06. The predicted molar refractivity (Wildman–Crippen MR) is 74.9 cm³/mol. The van der Waals surface area contributed by atoms with Gasteiger partial charge in [-0.05, 0) is 18.4 Å². The number of nitriles is 1. The Labute approximate surface area is 122 Å². The van der Waals surface area contributed by atoms with Gasteiger partial charge in [0.2, 0.25) is 0 Å². The fraction of sp³-hybridized carbons (Fsp3) is 0.571. The standard InChI is InChI=1S/C14H18N4O3/c1-3-9-10(6-15)13(17-16-11(9)4-2)18-7-8(19)5-12(18)14(20)21/h8,12,19H,3-5,7H2,1-2H3,(H,20,21). The number of carbonyl (C=O) groups is 1. The largest absolute Gasteiger partial charge is 0.480 e. The van der Waals surface area contributed by atoms with Crippen LogP contribution in [0.3, 0.4) is 0 Å². The fourth-order valence-electron chi connectivity index (χ4n) is 2.76. The summed E-state index contributed by atoms with van der Waals surface area (Å²) in [6.07, 6.45) is 0.674. The lowest BCUT2D eigenvalue weighted by Gasteiger charge is -2.24. The first-order valence-electron chi connectivity index (χ1n) is 6.99. The van der Waals surface area contributed by atoms with Crippen LogP contribution in [0.1, 0.15) is 37.1 Å². The highest BCUT2D eigenvalue weighted by Crippen LogP contribution is 2.29. The highest BCUT2D eigenvalue weighted by Gasteiger charge is 2.38. The molecule has 7 nitrogen and oxygen atoms in total. The van der Waals surface area contributed by atoms with E-state index in [2.05, 4.69) is 16.3 Å². The lowest BCUT2D eigenvalue weighted by molar-refractivity contribution is -0.138. The van der Waals surface area contributed by atoms with E-state index in [0.717, 1.165) is 11.3 Å². The summed E-state index contributed by atoms with van der Waals surface area (Å²) in [5.41, 5.74) is 1.92. The van der Waals surface area contributed by atoms with Crippen LogP contribution in [0.4, 0.5) is 5.82 Å². The fourth-order valence-corrected chi connectivity index (χ4v) is 2.76. The van der Waals surface area contributed by atoms with Crippen LogP contribution >= 0.6 is 0 Å². The van der Waals surface area contributed by atoms with Gasteiger partial charge in [-0.25, -0.2) is 4.79 Å². The summed E-state index contributed by atoms with van der Waals surface area (Å²) in [7, 11) is 0. The predicted octanol–water partition coefficient (Wildman–Crippen LogP) is 0.497. The Bertz CT molecular complexity index is 597. The van der Waals surface area contributed by atoms with E-state index in [9.17, 15) is 20.3 Å². The molecule has 2 heterocycles. The maximum Gasteiger partial charge on any atom is 0.326 e. The average Bonchev–Trinajstić information content (AvgIpc) is 2.87. The number of carboxylic acids is 1. The topological polar surface area (TPSA) is 110 Å². The highest BCUT2D eigenvalue weighted by molar-refractivity contribution is 5.79. The Hall–Kier alpha value is -2.20. The van der Waals surface area contributed by atoms with Gasteiger partial charge in [0.1, 0.15) is 17.7 Å². The molecule has 0 spiro atoms. The Kier molecular flexibility index (Phi) is 4.38. The van der Waals surface area contributed by atoms with E-state index in [1.807, 2.05) is 13.8 Å². The van der Waals surface area contributed by atoms with Crippen molar-refractivity contribution in [1.29, 1.82) is 5.26 Å². The van der Waals surface area contributed by atoms with Gasteiger partial charge in [0.25, 0.3) is 0 Å². The van der Waals surface area contributed by atoms with E-state index in [1.165, 1.54) is 4.90 Å². The summed E-state index contributed by atoms with van der Waals surface area (Å²) < 4.78 is 0. The third-order valence-electron chi connectivity index (χ3n) is 3.78. The van der Waals surface area contributed by atoms with Gasteiger partial charge < -0.3 is 15.1 Å². The van der Waals surface area contributed by atoms with Crippen molar-refractivity contribution in [3.63, 3.8) is 0 Å². The summed E-state index contributed by atoms with van der Waals surface area (Å²) >= 11 is 0. The van der Waals surface area contributed by atoms with Crippen LogP contribution in [-0.2, 0) is 17.6 Å². The van der Waals surface area contributed by atoms with Crippen LogP contribution in [0.2, 0.25) is 0 Å². The van der Waals surface area contributed by atoms with Gasteiger partial charge >= 0.3 is 5.97 Å². The molecular formula is C14H18N4O3. The van der Waals surface area contributed by atoms with Crippen LogP contribution in [0.25, 0.3) is 0 Å². The number of hydrogen-bond donors (Lipinski definition) is 2. The van der Waals surface area contributed by atoms with Crippen molar-refractivity contribution in [3.8, 4) is 6.07 Å². The lowest BCUT2D eigenvalue weighted by Crippen LogP contribution is -2.37. The molecule has 2 N–H and O–H groups in total. The molecule has 1 saturated heterocycles. The molecule has 0 radical (unpaired) electrons. The van der Waals surface area contributed by atoms with Gasteiger partial charge in [-0.3, -0.25) is 0 Å². The lowest BCUT2D eigenvalue weighted by atomic mass is 10.0. The quantitative estimate of drug-likeness (QED) is 0.830. The molecular weight excluding hydrogens is 272 g/mol. The second-order valence-corrected chi connectivity index (χ2v) is 5.04. The Morgan fingerprint density at radius 1 is 1.43 bits per heavy atom. The summed E-state index contributed by atoms with van der Waals surface area (Å²) in [5, 5.41) is 36.6.